The number of pyridine rings is 1. The Kier molecular flexibility index (Phi) is 8.54. The molecule has 0 aliphatic carbocycles. The van der Waals surface area contributed by atoms with Gasteiger partial charge in [0.15, 0.2) is 0 Å². The van der Waals surface area contributed by atoms with E-state index in [2.05, 4.69) is 21.3 Å². The third kappa shape index (κ3) is 8.49. The Labute approximate surface area is 257 Å². The molecule has 2 saturated heterocycles. The molecule has 2 amide bonds. The average Bonchev–Trinajstić information content (AvgIpc) is 3.01. The number of carbonyl (C=O) groups excluding carboxylic acids is 2. The molecule has 0 spiro atoms. The molecule has 3 aromatic rings. The van der Waals surface area contributed by atoms with E-state index in [1.807, 2.05) is 12.1 Å². The van der Waals surface area contributed by atoms with Crippen LogP contribution in [0.5, 0.6) is 5.75 Å². The minimum absolute atomic E-state index is 0.0179. The molecule has 1 aromatic heterocycles. The van der Waals surface area contributed by atoms with Crippen LogP contribution in [0.2, 0.25) is 0 Å². The van der Waals surface area contributed by atoms with Crippen molar-refractivity contribution in [3.8, 4) is 11.8 Å². The summed E-state index contributed by atoms with van der Waals surface area (Å²) in [6.07, 6.45) is 3.34. The predicted octanol–water partition coefficient (Wildman–Crippen LogP) is 6.69. The van der Waals surface area contributed by atoms with Crippen molar-refractivity contribution in [2.75, 3.05) is 26.2 Å². The standard InChI is InChI=1S/C31H32F5N5O3S/c32-45(33,34,35,36)28-8-6-26(7-9-28)44-27-13-17-41(18-14-27)31(43)29-10-5-24(20-38-29)30(42)39-25-11-15-40(16-12-25)21-23-3-1-22(19-37)2-4-23/h1-10,20,25,27H,11-18,21H2,(H,39,42). The van der Waals surface area contributed by atoms with Crippen molar-refractivity contribution in [2.45, 2.75) is 49.3 Å². The molecule has 14 heteroatoms. The van der Waals surface area contributed by atoms with Gasteiger partial charge in [-0.3, -0.25) is 19.5 Å². The van der Waals surface area contributed by atoms with Gasteiger partial charge in [0.2, 0.25) is 0 Å². The van der Waals surface area contributed by atoms with Crippen molar-refractivity contribution >= 4 is 22.0 Å². The van der Waals surface area contributed by atoms with Crippen LogP contribution >= 0.6 is 10.2 Å². The lowest BCUT2D eigenvalue weighted by molar-refractivity contribution is 0.0589. The number of rotatable bonds is 8. The second kappa shape index (κ2) is 11.9. The van der Waals surface area contributed by atoms with Crippen molar-refractivity contribution in [1.29, 1.82) is 5.26 Å². The number of piperidine rings is 2. The number of benzene rings is 2. The van der Waals surface area contributed by atoms with Crippen LogP contribution in [0.3, 0.4) is 0 Å². The van der Waals surface area contributed by atoms with Gasteiger partial charge in [-0.2, -0.15) is 5.26 Å². The van der Waals surface area contributed by atoms with Gasteiger partial charge in [-0.1, -0.05) is 31.6 Å². The Bertz CT molecular complexity index is 1570. The number of aromatic nitrogens is 1. The number of halogens is 5. The predicted molar refractivity (Wildman–Crippen MR) is 159 cm³/mol. The maximum absolute atomic E-state index is 13.0. The third-order valence-electron chi connectivity index (χ3n) is 7.96. The lowest BCUT2D eigenvalue weighted by atomic mass is 10.0. The van der Waals surface area contributed by atoms with Crippen molar-refractivity contribution in [1.82, 2.24) is 20.1 Å². The van der Waals surface area contributed by atoms with Gasteiger partial charge in [0.05, 0.1) is 17.2 Å². The van der Waals surface area contributed by atoms with E-state index in [1.165, 1.54) is 12.3 Å². The second-order valence-electron chi connectivity index (χ2n) is 11.3. The zero-order chi connectivity index (χ0) is 32.3. The molecule has 2 aromatic carbocycles. The minimum Gasteiger partial charge on any atom is -0.490 e. The summed E-state index contributed by atoms with van der Waals surface area (Å²) in [5, 5.41) is 12.0. The van der Waals surface area contributed by atoms with Crippen LogP contribution in [-0.4, -0.2) is 64.9 Å². The summed E-state index contributed by atoms with van der Waals surface area (Å²) < 4.78 is 70.3. The highest BCUT2D eigenvalue weighted by Crippen LogP contribution is 3.02. The third-order valence-corrected chi connectivity index (χ3v) is 9.12. The fourth-order valence-corrected chi connectivity index (χ4v) is 6.06. The zero-order valence-corrected chi connectivity index (χ0v) is 25.0. The van der Waals surface area contributed by atoms with E-state index in [1.54, 1.807) is 23.1 Å². The summed E-state index contributed by atoms with van der Waals surface area (Å²) in [7, 11) is -9.75. The van der Waals surface area contributed by atoms with Gasteiger partial charge in [-0.25, -0.2) is 0 Å². The molecule has 1 N–H and O–H groups in total. The SMILES string of the molecule is N#Cc1ccc(CN2CCC(NC(=O)c3ccc(C(=O)N4CCC(Oc5ccc(S(F)(F)(F)(F)F)cc5)CC4)nc3)CC2)cc1. The Hall–Kier alpha value is -4.22. The van der Waals surface area contributed by atoms with Gasteiger partial charge in [-0.05, 0) is 66.9 Å². The molecule has 0 radical (unpaired) electrons. The Morgan fingerprint density at radius 1 is 0.889 bits per heavy atom. The van der Waals surface area contributed by atoms with Crippen molar-refractivity contribution in [3.63, 3.8) is 0 Å². The Morgan fingerprint density at radius 3 is 2.09 bits per heavy atom. The van der Waals surface area contributed by atoms with Gasteiger partial charge in [0.1, 0.15) is 22.4 Å². The van der Waals surface area contributed by atoms with E-state index in [9.17, 15) is 29.0 Å². The van der Waals surface area contributed by atoms with E-state index in [-0.39, 0.29) is 29.3 Å². The van der Waals surface area contributed by atoms with Crippen molar-refractivity contribution in [3.05, 3.63) is 89.2 Å². The van der Waals surface area contributed by atoms with E-state index < -0.39 is 21.2 Å². The summed E-state index contributed by atoms with van der Waals surface area (Å²) in [5.74, 6) is -0.552. The topological polar surface area (TPSA) is 98.6 Å². The molecule has 240 valence electrons. The van der Waals surface area contributed by atoms with Crippen molar-refractivity contribution < 1.29 is 33.8 Å². The molecule has 0 saturated carbocycles. The average molecular weight is 650 g/mol. The van der Waals surface area contributed by atoms with Gasteiger partial charge < -0.3 is 15.0 Å². The van der Waals surface area contributed by atoms with Crippen LogP contribution < -0.4 is 10.1 Å². The number of hydrogen-bond donors (Lipinski definition) is 1. The maximum Gasteiger partial charge on any atom is 0.310 e. The van der Waals surface area contributed by atoms with Gasteiger partial charge in [0.25, 0.3) is 11.8 Å². The molecule has 2 aliphatic rings. The minimum atomic E-state index is -9.75. The summed E-state index contributed by atoms with van der Waals surface area (Å²) in [4.78, 5) is 31.9. The number of nitriles is 1. The van der Waals surface area contributed by atoms with E-state index in [4.69, 9.17) is 10.00 Å². The molecule has 45 heavy (non-hydrogen) atoms. The highest BCUT2D eigenvalue weighted by atomic mass is 32.5. The van der Waals surface area contributed by atoms with Crippen LogP contribution in [0.15, 0.2) is 71.8 Å². The number of likely N-dealkylation sites (tertiary alicyclic amines) is 2. The molecular formula is C31H32F5N5O3S. The van der Waals surface area contributed by atoms with Gasteiger partial charge >= 0.3 is 10.2 Å². The van der Waals surface area contributed by atoms with Crippen LogP contribution in [-0.2, 0) is 6.54 Å². The maximum atomic E-state index is 13.0. The van der Waals surface area contributed by atoms with Crippen LogP contribution in [0.25, 0.3) is 0 Å². The van der Waals surface area contributed by atoms with Crippen LogP contribution in [0.4, 0.5) is 19.4 Å². The fourth-order valence-electron chi connectivity index (χ4n) is 5.41. The first kappa shape index (κ1) is 32.2. The second-order valence-corrected chi connectivity index (χ2v) is 13.7. The smallest absolute Gasteiger partial charge is 0.310 e. The van der Waals surface area contributed by atoms with E-state index in [0.29, 0.717) is 49.2 Å². The molecule has 8 nitrogen and oxygen atoms in total. The number of nitrogens with one attached hydrogen (secondary N) is 1. The van der Waals surface area contributed by atoms with E-state index in [0.717, 1.165) is 50.2 Å². The van der Waals surface area contributed by atoms with Crippen LogP contribution in [0.1, 0.15) is 57.7 Å². The molecule has 3 heterocycles. The lowest BCUT2D eigenvalue weighted by Crippen LogP contribution is -2.44. The number of carbonyl (C=O) groups is 2. The molecule has 5 rings (SSSR count). The van der Waals surface area contributed by atoms with Gasteiger partial charge in [0, 0.05) is 57.8 Å². The molecule has 0 bridgehead atoms. The number of ether oxygens (including phenoxy) is 1. The largest absolute Gasteiger partial charge is 0.490 e. The monoisotopic (exact) mass is 649 g/mol. The lowest BCUT2D eigenvalue weighted by Gasteiger charge is -2.40. The summed E-state index contributed by atoms with van der Waals surface area (Å²) in [5.41, 5.74) is 2.27. The van der Waals surface area contributed by atoms with Gasteiger partial charge in [-0.15, -0.1) is 0 Å². The highest BCUT2D eigenvalue weighted by molar-refractivity contribution is 8.45. The zero-order valence-electron chi connectivity index (χ0n) is 24.2. The van der Waals surface area contributed by atoms with Crippen molar-refractivity contribution in [2.24, 2.45) is 0 Å². The molecule has 2 aliphatic heterocycles. The number of hydrogen-bond acceptors (Lipinski definition) is 6. The molecule has 0 unspecified atom stereocenters. The summed E-state index contributed by atoms with van der Waals surface area (Å²) in [6, 6.07) is 15.1. The number of nitrogens with zero attached hydrogens (tertiary/aromatic N) is 4. The normalized spacial score (nSPS) is 18.4. The first-order valence-corrected chi connectivity index (χ1v) is 16.4. The van der Waals surface area contributed by atoms with E-state index >= 15 is 0 Å². The first-order chi connectivity index (χ1) is 21.2. The highest BCUT2D eigenvalue weighted by Gasteiger charge is 2.65. The van der Waals surface area contributed by atoms with Crippen LogP contribution in [0, 0.1) is 11.3 Å². The quantitative estimate of drug-likeness (QED) is 0.273. The molecule has 0 atom stereocenters. The molecule has 2 fully saturated rings. The first-order valence-electron chi connectivity index (χ1n) is 14.5. The summed E-state index contributed by atoms with van der Waals surface area (Å²) >= 11 is 0. The Balaban J connectivity index is 1.05. The summed E-state index contributed by atoms with van der Waals surface area (Å²) in [6.45, 7) is 3.03. The number of amides is 2. The molecular weight excluding hydrogens is 617 g/mol. The Morgan fingerprint density at radius 2 is 1.53 bits per heavy atom. The fraction of sp³-hybridized carbons (Fsp3) is 0.355.